The lowest BCUT2D eigenvalue weighted by atomic mass is 9.75. The molecule has 2 aliphatic heterocycles. The zero-order chi connectivity index (χ0) is 19.7. The zero-order valence-electron chi connectivity index (χ0n) is 14.8. The molecule has 3 heterocycles. The molecule has 146 valence electrons. The summed E-state index contributed by atoms with van der Waals surface area (Å²) in [6, 6.07) is 7.72. The van der Waals surface area contributed by atoms with Crippen LogP contribution in [0.2, 0.25) is 5.02 Å². The van der Waals surface area contributed by atoms with Gasteiger partial charge in [-0.25, -0.2) is 9.37 Å². The van der Waals surface area contributed by atoms with E-state index in [4.69, 9.17) is 27.1 Å². The Kier molecular flexibility index (Phi) is 5.27. The molecule has 28 heavy (non-hydrogen) atoms. The van der Waals surface area contributed by atoms with Gasteiger partial charge in [-0.3, -0.25) is 9.79 Å². The first-order valence-electron chi connectivity index (χ1n) is 8.77. The molecule has 2 aromatic rings. The average molecular weight is 421 g/mol. The van der Waals surface area contributed by atoms with Gasteiger partial charge in [0.2, 0.25) is 0 Å². The van der Waals surface area contributed by atoms with Crippen molar-refractivity contribution in [1.29, 1.82) is 0 Å². The largest absolute Gasteiger partial charge is 0.381 e. The molecule has 1 amide bonds. The first-order valence-corrected chi connectivity index (χ1v) is 10.1. The number of nitrogens with zero attached hydrogens (tertiary/aromatic N) is 2. The molecule has 0 aliphatic carbocycles. The molecule has 1 aromatic carbocycles. The molecule has 9 heteroatoms. The standard InChI is InChI=1S/C19H18ClFN4O2S/c20-13-2-4-15(23-8-13)17(26)24-16-7-11(1-3-14(16)21)19-5-6-27-9-12(19)10-28-18(22)25-19/h1-4,7-8,12H,5-6,9-10H2,(H2,22,25)(H,24,26)/t12-,19+/m0/s1. The van der Waals surface area contributed by atoms with Gasteiger partial charge in [-0.2, -0.15) is 0 Å². The number of rotatable bonds is 3. The number of benzene rings is 1. The zero-order valence-corrected chi connectivity index (χ0v) is 16.4. The minimum atomic E-state index is -0.570. The van der Waals surface area contributed by atoms with Crippen LogP contribution in [0.1, 0.15) is 22.5 Å². The first kappa shape index (κ1) is 19.2. The smallest absolute Gasteiger partial charge is 0.274 e. The highest BCUT2D eigenvalue weighted by Gasteiger charge is 2.45. The van der Waals surface area contributed by atoms with Crippen LogP contribution in [0.5, 0.6) is 0 Å². The van der Waals surface area contributed by atoms with Gasteiger partial charge in [-0.1, -0.05) is 29.4 Å². The minimum absolute atomic E-state index is 0.0749. The van der Waals surface area contributed by atoms with Crippen LogP contribution in [0.15, 0.2) is 41.5 Å². The van der Waals surface area contributed by atoms with Gasteiger partial charge in [-0.15, -0.1) is 0 Å². The van der Waals surface area contributed by atoms with Crippen LogP contribution in [0, 0.1) is 11.7 Å². The molecule has 4 rings (SSSR count). The summed E-state index contributed by atoms with van der Waals surface area (Å²) in [5.41, 5.74) is 6.47. The maximum atomic E-state index is 14.4. The van der Waals surface area contributed by atoms with Crippen molar-refractivity contribution in [2.75, 3.05) is 24.3 Å². The van der Waals surface area contributed by atoms with Gasteiger partial charge in [0.25, 0.3) is 5.91 Å². The molecule has 0 radical (unpaired) electrons. The number of aromatic nitrogens is 1. The lowest BCUT2D eigenvalue weighted by Gasteiger charge is -2.44. The molecule has 0 unspecified atom stereocenters. The maximum absolute atomic E-state index is 14.4. The summed E-state index contributed by atoms with van der Waals surface area (Å²) in [4.78, 5) is 21.1. The second kappa shape index (κ2) is 7.69. The number of ether oxygens (including phenoxy) is 1. The van der Waals surface area contributed by atoms with Gasteiger partial charge in [0.05, 0.1) is 22.9 Å². The topological polar surface area (TPSA) is 89.6 Å². The summed E-state index contributed by atoms with van der Waals surface area (Å²) in [5, 5.41) is 3.52. The summed E-state index contributed by atoms with van der Waals surface area (Å²) in [5.74, 6) is -0.141. The van der Waals surface area contributed by atoms with Gasteiger partial charge in [-0.05, 0) is 29.8 Å². The molecule has 6 nitrogen and oxygen atoms in total. The number of aliphatic imine (C=N–C) groups is 1. The molecular formula is C19H18ClFN4O2S. The van der Waals surface area contributed by atoms with Crippen LogP contribution in [0.25, 0.3) is 0 Å². The Bertz CT molecular complexity index is 940. The third kappa shape index (κ3) is 3.59. The number of pyridine rings is 1. The third-order valence-corrected chi connectivity index (χ3v) is 6.22. The number of halogens is 2. The first-order chi connectivity index (χ1) is 13.5. The molecular weight excluding hydrogens is 403 g/mol. The summed E-state index contributed by atoms with van der Waals surface area (Å²) in [7, 11) is 0. The number of amidine groups is 1. The summed E-state index contributed by atoms with van der Waals surface area (Å²) in [6.07, 6.45) is 2.02. The van der Waals surface area contributed by atoms with Crippen molar-refractivity contribution in [1.82, 2.24) is 4.98 Å². The van der Waals surface area contributed by atoms with Crippen LogP contribution < -0.4 is 11.1 Å². The number of anilines is 1. The van der Waals surface area contributed by atoms with Gasteiger partial charge in [0.15, 0.2) is 5.17 Å². The molecule has 1 fully saturated rings. The number of amides is 1. The molecule has 2 aliphatic rings. The lowest BCUT2D eigenvalue weighted by Crippen LogP contribution is -2.46. The fraction of sp³-hybridized carbons (Fsp3) is 0.316. The van der Waals surface area contributed by atoms with Crippen molar-refractivity contribution in [3.05, 3.63) is 58.6 Å². The third-order valence-electron chi connectivity index (χ3n) is 5.04. The van der Waals surface area contributed by atoms with E-state index in [9.17, 15) is 9.18 Å². The Morgan fingerprint density at radius 3 is 3.04 bits per heavy atom. The average Bonchev–Trinajstić information content (AvgIpc) is 2.69. The van der Waals surface area contributed by atoms with Gasteiger partial charge >= 0.3 is 0 Å². The Morgan fingerprint density at radius 2 is 2.25 bits per heavy atom. The van der Waals surface area contributed by atoms with Crippen molar-refractivity contribution in [3.63, 3.8) is 0 Å². The molecule has 1 saturated heterocycles. The Labute approximate surface area is 170 Å². The van der Waals surface area contributed by atoms with Crippen LogP contribution in [-0.2, 0) is 10.3 Å². The quantitative estimate of drug-likeness (QED) is 0.794. The molecule has 0 saturated carbocycles. The number of hydrogen-bond acceptors (Lipinski definition) is 6. The highest BCUT2D eigenvalue weighted by molar-refractivity contribution is 8.13. The van der Waals surface area contributed by atoms with E-state index in [0.29, 0.717) is 29.8 Å². The van der Waals surface area contributed by atoms with Crippen molar-refractivity contribution >= 4 is 40.1 Å². The molecule has 1 aromatic heterocycles. The van der Waals surface area contributed by atoms with Gasteiger partial charge in [0, 0.05) is 30.9 Å². The maximum Gasteiger partial charge on any atom is 0.274 e. The number of nitrogens with one attached hydrogen (secondary N) is 1. The van der Waals surface area contributed by atoms with Crippen molar-refractivity contribution < 1.29 is 13.9 Å². The predicted molar refractivity (Wildman–Crippen MR) is 108 cm³/mol. The van der Waals surface area contributed by atoms with E-state index >= 15 is 0 Å². The summed E-state index contributed by atoms with van der Waals surface area (Å²) < 4.78 is 20.1. The van der Waals surface area contributed by atoms with Crippen LogP contribution >= 0.6 is 23.4 Å². The lowest BCUT2D eigenvalue weighted by molar-refractivity contribution is 0.0101. The highest BCUT2D eigenvalue weighted by Crippen LogP contribution is 2.45. The number of thioether (sulfide) groups is 1. The van der Waals surface area contributed by atoms with Gasteiger partial charge < -0.3 is 15.8 Å². The number of carbonyl (C=O) groups is 1. The van der Waals surface area contributed by atoms with Crippen LogP contribution in [-0.4, -0.2) is 35.0 Å². The van der Waals surface area contributed by atoms with E-state index in [1.807, 2.05) is 0 Å². The monoisotopic (exact) mass is 420 g/mol. The second-order valence-corrected chi connectivity index (χ2v) is 8.19. The van der Waals surface area contributed by atoms with Gasteiger partial charge in [0.1, 0.15) is 11.5 Å². The van der Waals surface area contributed by atoms with E-state index < -0.39 is 17.3 Å². The van der Waals surface area contributed by atoms with E-state index in [-0.39, 0.29) is 17.3 Å². The number of fused-ring (bicyclic) bond motifs is 1. The Balaban J connectivity index is 1.67. The predicted octanol–water partition coefficient (Wildman–Crippen LogP) is 3.42. The van der Waals surface area contributed by atoms with Crippen molar-refractivity contribution in [2.45, 2.75) is 12.0 Å². The van der Waals surface area contributed by atoms with E-state index in [0.717, 1.165) is 11.3 Å². The molecule has 0 bridgehead atoms. The second-order valence-electron chi connectivity index (χ2n) is 6.72. The van der Waals surface area contributed by atoms with E-state index in [2.05, 4.69) is 10.3 Å². The Hall–Kier alpha value is -2.16. The number of carbonyl (C=O) groups excluding carboxylic acids is 1. The summed E-state index contributed by atoms with van der Waals surface area (Å²) in [6.45, 7) is 1.11. The van der Waals surface area contributed by atoms with E-state index in [1.54, 1.807) is 18.2 Å². The fourth-order valence-corrected chi connectivity index (χ4v) is 4.66. The van der Waals surface area contributed by atoms with E-state index in [1.165, 1.54) is 30.1 Å². The molecule has 2 atom stereocenters. The van der Waals surface area contributed by atoms with Crippen LogP contribution in [0.4, 0.5) is 10.1 Å². The summed E-state index contributed by atoms with van der Waals surface area (Å²) >= 11 is 7.29. The van der Waals surface area contributed by atoms with Crippen molar-refractivity contribution in [3.8, 4) is 0 Å². The SMILES string of the molecule is NC1=N[C@@]2(c3ccc(F)c(NC(=O)c4ccc(Cl)cn4)c3)CCOC[C@H]2CS1. The molecule has 3 N–H and O–H groups in total. The number of hydrogen-bond donors (Lipinski definition) is 2. The number of nitrogens with two attached hydrogens (primary N) is 1. The van der Waals surface area contributed by atoms with Crippen molar-refractivity contribution in [2.24, 2.45) is 16.6 Å². The van der Waals surface area contributed by atoms with Crippen LogP contribution in [0.3, 0.4) is 0 Å². The highest BCUT2D eigenvalue weighted by atomic mass is 35.5. The molecule has 0 spiro atoms. The normalized spacial score (nSPS) is 24.2. The minimum Gasteiger partial charge on any atom is -0.381 e. The fourth-order valence-electron chi connectivity index (χ4n) is 3.57. The Morgan fingerprint density at radius 1 is 1.39 bits per heavy atom.